The fourth-order valence-corrected chi connectivity index (χ4v) is 1.50. The van der Waals surface area contributed by atoms with Crippen LogP contribution in [0.5, 0.6) is 0 Å². The number of hydrogen-bond acceptors (Lipinski definition) is 4. The van der Waals surface area contributed by atoms with Crippen LogP contribution >= 0.6 is 0 Å². The highest BCUT2D eigenvalue weighted by Gasteiger charge is 2.05. The molecule has 0 bridgehead atoms. The number of nitrogens with one attached hydrogen (secondary N) is 1. The Labute approximate surface area is 91.9 Å². The molecular weight excluding hydrogens is 206 g/mol. The molecule has 1 N–H and O–H groups in total. The molecule has 0 saturated carbocycles. The first-order chi connectivity index (χ1) is 7.72. The number of aromatic nitrogens is 1. The minimum atomic E-state index is -0.371. The van der Waals surface area contributed by atoms with Crippen LogP contribution in [0.2, 0.25) is 0 Å². The third-order valence-corrected chi connectivity index (χ3v) is 2.36. The lowest BCUT2D eigenvalue weighted by molar-refractivity contribution is 0.528. The number of benzene rings is 1. The van der Waals surface area contributed by atoms with Gasteiger partial charge in [-0.25, -0.2) is 4.79 Å². The highest BCUT2D eigenvalue weighted by Crippen LogP contribution is 2.17. The van der Waals surface area contributed by atoms with Crippen molar-refractivity contribution in [2.24, 2.45) is 7.05 Å². The molecule has 1 heterocycles. The lowest BCUT2D eigenvalue weighted by atomic mass is 10.3. The van der Waals surface area contributed by atoms with Crippen molar-refractivity contribution in [1.29, 1.82) is 5.26 Å². The van der Waals surface area contributed by atoms with E-state index in [9.17, 15) is 4.79 Å². The van der Waals surface area contributed by atoms with Gasteiger partial charge in [-0.15, -0.1) is 0 Å². The second-order valence-corrected chi connectivity index (χ2v) is 3.44. The fraction of sp³-hybridized carbons (Fsp3) is 0.273. The van der Waals surface area contributed by atoms with E-state index in [1.165, 1.54) is 4.57 Å². The van der Waals surface area contributed by atoms with Gasteiger partial charge in [0.2, 0.25) is 0 Å². The number of aryl methyl sites for hydroxylation is 1. The molecule has 0 aliphatic carbocycles. The van der Waals surface area contributed by atoms with E-state index in [1.807, 2.05) is 12.1 Å². The molecular formula is C11H11N3O2. The van der Waals surface area contributed by atoms with Crippen LogP contribution in [0.1, 0.15) is 6.42 Å². The zero-order valence-corrected chi connectivity index (χ0v) is 8.86. The van der Waals surface area contributed by atoms with E-state index in [-0.39, 0.29) is 5.76 Å². The van der Waals surface area contributed by atoms with Gasteiger partial charge in [0.15, 0.2) is 5.58 Å². The van der Waals surface area contributed by atoms with Crippen LogP contribution in [-0.4, -0.2) is 11.1 Å². The number of hydrogen-bond donors (Lipinski definition) is 1. The van der Waals surface area contributed by atoms with Crippen molar-refractivity contribution in [3.63, 3.8) is 0 Å². The average Bonchev–Trinajstić information content (AvgIpc) is 2.56. The minimum absolute atomic E-state index is 0.371. The third-order valence-electron chi connectivity index (χ3n) is 2.36. The average molecular weight is 217 g/mol. The molecule has 0 radical (unpaired) electrons. The summed E-state index contributed by atoms with van der Waals surface area (Å²) in [7, 11) is 1.66. The molecule has 16 heavy (non-hydrogen) atoms. The second kappa shape index (κ2) is 4.11. The van der Waals surface area contributed by atoms with Gasteiger partial charge in [0.1, 0.15) is 0 Å². The molecule has 2 aromatic rings. The third kappa shape index (κ3) is 1.77. The van der Waals surface area contributed by atoms with Crippen molar-refractivity contribution in [2.75, 3.05) is 11.9 Å². The molecule has 5 heteroatoms. The van der Waals surface area contributed by atoms with E-state index < -0.39 is 0 Å². The van der Waals surface area contributed by atoms with Gasteiger partial charge >= 0.3 is 5.76 Å². The number of fused-ring (bicyclic) bond motifs is 1. The summed E-state index contributed by atoms with van der Waals surface area (Å²) >= 11 is 0. The Morgan fingerprint density at radius 1 is 1.56 bits per heavy atom. The van der Waals surface area contributed by atoms with Gasteiger partial charge in [-0.3, -0.25) is 4.57 Å². The highest BCUT2D eigenvalue weighted by molar-refractivity contribution is 5.77. The molecule has 0 saturated heterocycles. The Morgan fingerprint density at radius 2 is 2.38 bits per heavy atom. The van der Waals surface area contributed by atoms with Gasteiger partial charge < -0.3 is 9.73 Å². The molecule has 1 aromatic heterocycles. The zero-order valence-electron chi connectivity index (χ0n) is 8.86. The topological polar surface area (TPSA) is 71.0 Å². The molecule has 0 aliphatic rings. The molecule has 0 aliphatic heterocycles. The fourth-order valence-electron chi connectivity index (χ4n) is 1.50. The summed E-state index contributed by atoms with van der Waals surface area (Å²) < 4.78 is 6.46. The minimum Gasteiger partial charge on any atom is -0.408 e. The summed E-state index contributed by atoms with van der Waals surface area (Å²) in [5, 5.41) is 11.5. The summed E-state index contributed by atoms with van der Waals surface area (Å²) in [5.41, 5.74) is 2.18. The summed E-state index contributed by atoms with van der Waals surface area (Å²) in [6.45, 7) is 0.591. The van der Waals surface area contributed by atoms with Gasteiger partial charge in [0, 0.05) is 19.3 Å². The number of rotatable bonds is 3. The van der Waals surface area contributed by atoms with Gasteiger partial charge in [0.25, 0.3) is 0 Å². The molecule has 0 unspecified atom stereocenters. The van der Waals surface area contributed by atoms with Crippen molar-refractivity contribution in [2.45, 2.75) is 6.42 Å². The van der Waals surface area contributed by atoms with Gasteiger partial charge in [-0.1, -0.05) is 0 Å². The van der Waals surface area contributed by atoms with E-state index in [1.54, 1.807) is 13.1 Å². The number of anilines is 1. The maximum atomic E-state index is 11.2. The largest absolute Gasteiger partial charge is 0.419 e. The first kappa shape index (κ1) is 10.3. The second-order valence-electron chi connectivity index (χ2n) is 3.44. The molecule has 2 rings (SSSR count). The van der Waals surface area contributed by atoms with Crippen molar-refractivity contribution in [3.05, 3.63) is 28.7 Å². The number of nitriles is 1. The van der Waals surface area contributed by atoms with Crippen LogP contribution in [0, 0.1) is 11.3 Å². The first-order valence-corrected chi connectivity index (χ1v) is 4.93. The standard InChI is InChI=1S/C11H11N3O2/c1-14-9-7-8(13-6-2-5-12)3-4-10(9)16-11(14)15/h3-4,7,13H,2,6H2,1H3. The summed E-state index contributed by atoms with van der Waals surface area (Å²) in [5.74, 6) is -0.371. The molecule has 1 aromatic carbocycles. The number of oxazole rings is 1. The van der Waals surface area contributed by atoms with Crippen LogP contribution in [0.15, 0.2) is 27.4 Å². The quantitative estimate of drug-likeness (QED) is 0.790. The normalized spacial score (nSPS) is 10.2. The van der Waals surface area contributed by atoms with Crippen molar-refractivity contribution in [3.8, 4) is 6.07 Å². The molecule has 0 fully saturated rings. The van der Waals surface area contributed by atoms with Gasteiger partial charge in [-0.2, -0.15) is 5.26 Å². The van der Waals surface area contributed by atoms with E-state index in [0.717, 1.165) is 11.2 Å². The van der Waals surface area contributed by atoms with Crippen LogP contribution < -0.4 is 11.1 Å². The van der Waals surface area contributed by atoms with Crippen LogP contribution in [0.4, 0.5) is 5.69 Å². The zero-order chi connectivity index (χ0) is 11.5. The van der Waals surface area contributed by atoms with Crippen LogP contribution in [-0.2, 0) is 7.05 Å². The maximum Gasteiger partial charge on any atom is 0.419 e. The van der Waals surface area contributed by atoms with Crippen molar-refractivity contribution < 1.29 is 4.42 Å². The lowest BCUT2D eigenvalue weighted by Gasteiger charge is -2.03. The van der Waals surface area contributed by atoms with E-state index in [0.29, 0.717) is 18.5 Å². The Hall–Kier alpha value is -2.22. The molecule has 0 atom stereocenters. The molecule has 82 valence electrons. The molecule has 0 amide bonds. The maximum absolute atomic E-state index is 11.2. The Balaban J connectivity index is 2.33. The molecule has 0 spiro atoms. The summed E-state index contributed by atoms with van der Waals surface area (Å²) in [6.07, 6.45) is 0.447. The van der Waals surface area contributed by atoms with Crippen molar-refractivity contribution in [1.82, 2.24) is 4.57 Å². The summed E-state index contributed by atoms with van der Waals surface area (Å²) in [4.78, 5) is 11.2. The monoisotopic (exact) mass is 217 g/mol. The predicted molar refractivity (Wildman–Crippen MR) is 60.2 cm³/mol. The number of nitrogens with zero attached hydrogens (tertiary/aromatic N) is 2. The summed E-state index contributed by atoms with van der Waals surface area (Å²) in [6, 6.07) is 7.45. The van der Waals surface area contributed by atoms with Crippen LogP contribution in [0.3, 0.4) is 0 Å². The SMILES string of the molecule is Cn1c(=O)oc2ccc(NCCC#N)cc21. The van der Waals surface area contributed by atoms with Gasteiger partial charge in [0.05, 0.1) is 18.0 Å². The Morgan fingerprint density at radius 3 is 3.12 bits per heavy atom. The van der Waals surface area contributed by atoms with Crippen molar-refractivity contribution >= 4 is 16.8 Å². The Kier molecular flexibility index (Phi) is 2.64. The smallest absolute Gasteiger partial charge is 0.408 e. The predicted octanol–water partition coefficient (Wildman–Crippen LogP) is 1.46. The van der Waals surface area contributed by atoms with Crippen LogP contribution in [0.25, 0.3) is 11.1 Å². The van der Waals surface area contributed by atoms with E-state index >= 15 is 0 Å². The van der Waals surface area contributed by atoms with E-state index in [4.69, 9.17) is 9.68 Å². The lowest BCUT2D eigenvalue weighted by Crippen LogP contribution is -2.08. The Bertz CT molecular complexity index is 604. The van der Waals surface area contributed by atoms with Gasteiger partial charge in [-0.05, 0) is 18.2 Å². The molecule has 5 nitrogen and oxygen atoms in total. The first-order valence-electron chi connectivity index (χ1n) is 4.93. The van der Waals surface area contributed by atoms with E-state index in [2.05, 4.69) is 11.4 Å². The highest BCUT2D eigenvalue weighted by atomic mass is 16.4.